The molecule has 1 aliphatic rings. The van der Waals surface area contributed by atoms with Crippen LogP contribution in [0.5, 0.6) is 0 Å². The summed E-state index contributed by atoms with van der Waals surface area (Å²) in [6.45, 7) is 1.42. The molecule has 0 saturated carbocycles. The topological polar surface area (TPSA) is 73.2 Å². The molecule has 0 spiro atoms. The number of carbonyl (C=O) groups excluding carboxylic acids is 2. The maximum Gasteiger partial charge on any atom is 0.435 e. The van der Waals surface area contributed by atoms with Gasteiger partial charge in [0.25, 0.3) is 0 Å². The molecule has 0 saturated heterocycles. The normalized spacial score (nSPS) is 14.3. The molecule has 6 nitrogen and oxygen atoms in total. The molecule has 0 fully saturated rings. The third-order valence-electron chi connectivity index (χ3n) is 4.58. The van der Waals surface area contributed by atoms with Gasteiger partial charge in [0.2, 0.25) is 5.91 Å². The largest absolute Gasteiger partial charge is 0.465 e. The number of halogens is 3. The Morgan fingerprint density at radius 3 is 2.68 bits per heavy atom. The standard InChI is InChI=1S/C18H20F3N3O3S/c1-10-8-12(17(26)27-2)16(28-10)22-14(25)9-24-13-7-5-3-4-6-11(13)15(23-24)18(19,20)21/h8H,3-7,9H2,1-2H3,(H,22,25). The average molecular weight is 415 g/mol. The Hall–Kier alpha value is -2.36. The van der Waals surface area contributed by atoms with Crippen LogP contribution in [0.15, 0.2) is 6.07 Å². The lowest BCUT2D eigenvalue weighted by atomic mass is 10.1. The van der Waals surface area contributed by atoms with Crippen LogP contribution in [0.1, 0.15) is 51.4 Å². The Morgan fingerprint density at radius 1 is 1.29 bits per heavy atom. The summed E-state index contributed by atoms with van der Waals surface area (Å²) in [7, 11) is 1.23. The number of nitrogens with one attached hydrogen (secondary N) is 1. The Bertz CT molecular complexity index is 902. The first-order valence-corrected chi connectivity index (χ1v) is 9.66. The Morgan fingerprint density at radius 2 is 2.00 bits per heavy atom. The van der Waals surface area contributed by atoms with E-state index in [2.05, 4.69) is 10.4 Å². The van der Waals surface area contributed by atoms with Crippen molar-refractivity contribution in [3.05, 3.63) is 33.5 Å². The van der Waals surface area contributed by atoms with E-state index in [4.69, 9.17) is 4.74 Å². The molecule has 0 unspecified atom stereocenters. The maximum absolute atomic E-state index is 13.4. The van der Waals surface area contributed by atoms with Gasteiger partial charge in [-0.25, -0.2) is 4.79 Å². The van der Waals surface area contributed by atoms with Gasteiger partial charge in [0.05, 0.1) is 12.7 Å². The van der Waals surface area contributed by atoms with Crippen molar-refractivity contribution in [3.8, 4) is 0 Å². The second-order valence-electron chi connectivity index (χ2n) is 6.63. The van der Waals surface area contributed by atoms with Gasteiger partial charge in [0.15, 0.2) is 5.69 Å². The SMILES string of the molecule is COC(=O)c1cc(C)sc1NC(=O)Cn1nc(C(F)(F)F)c2c1CCCCC2. The molecule has 0 radical (unpaired) electrons. The molecule has 2 aromatic rings. The minimum atomic E-state index is -4.56. The van der Waals surface area contributed by atoms with Gasteiger partial charge in [-0.3, -0.25) is 9.48 Å². The van der Waals surface area contributed by atoms with E-state index in [0.29, 0.717) is 30.0 Å². The van der Waals surface area contributed by atoms with Crippen molar-refractivity contribution in [1.82, 2.24) is 9.78 Å². The smallest absolute Gasteiger partial charge is 0.435 e. The molecule has 3 rings (SSSR count). The maximum atomic E-state index is 13.4. The summed E-state index contributed by atoms with van der Waals surface area (Å²) < 4.78 is 45.9. The number of esters is 1. The number of methoxy groups -OCH3 is 1. The average Bonchev–Trinajstić information content (AvgIpc) is 3.04. The zero-order chi connectivity index (χ0) is 20.5. The van der Waals surface area contributed by atoms with Crippen LogP contribution in [-0.2, 0) is 35.1 Å². The van der Waals surface area contributed by atoms with E-state index < -0.39 is 23.7 Å². The highest BCUT2D eigenvalue weighted by Gasteiger charge is 2.39. The van der Waals surface area contributed by atoms with Crippen LogP contribution in [0.2, 0.25) is 0 Å². The summed E-state index contributed by atoms with van der Waals surface area (Å²) in [5.41, 5.74) is -0.0245. The number of ether oxygens (including phenoxy) is 1. The monoisotopic (exact) mass is 415 g/mol. The van der Waals surface area contributed by atoms with E-state index in [0.717, 1.165) is 22.4 Å². The number of hydrogen-bond acceptors (Lipinski definition) is 5. The van der Waals surface area contributed by atoms with Crippen molar-refractivity contribution >= 4 is 28.2 Å². The predicted molar refractivity (Wildman–Crippen MR) is 97.5 cm³/mol. The summed E-state index contributed by atoms with van der Waals surface area (Å²) in [5, 5.41) is 6.62. The number of rotatable bonds is 4. The van der Waals surface area contributed by atoms with E-state index in [1.807, 2.05) is 0 Å². The van der Waals surface area contributed by atoms with Crippen LogP contribution < -0.4 is 5.32 Å². The van der Waals surface area contributed by atoms with Crippen molar-refractivity contribution in [1.29, 1.82) is 0 Å². The molecule has 0 bridgehead atoms. The van der Waals surface area contributed by atoms with Crippen LogP contribution in [0, 0.1) is 6.92 Å². The van der Waals surface area contributed by atoms with E-state index in [-0.39, 0.29) is 17.7 Å². The number of alkyl halides is 3. The van der Waals surface area contributed by atoms with Crippen LogP contribution >= 0.6 is 11.3 Å². The van der Waals surface area contributed by atoms with Gasteiger partial charge in [-0.05, 0) is 38.7 Å². The molecule has 0 aromatic carbocycles. The van der Waals surface area contributed by atoms with Gasteiger partial charge >= 0.3 is 12.1 Å². The lowest BCUT2D eigenvalue weighted by Gasteiger charge is -2.08. The Kier molecular flexibility index (Phi) is 5.78. The molecule has 1 N–H and O–H groups in total. The molecule has 1 amide bonds. The van der Waals surface area contributed by atoms with Crippen molar-refractivity contribution in [2.75, 3.05) is 12.4 Å². The van der Waals surface area contributed by atoms with E-state index >= 15 is 0 Å². The fraction of sp³-hybridized carbons (Fsp3) is 0.500. The quantitative estimate of drug-likeness (QED) is 0.606. The molecule has 2 heterocycles. The molecule has 2 aromatic heterocycles. The predicted octanol–water partition coefficient (Wildman–Crippen LogP) is 3.97. The molecular formula is C18H20F3N3O3S. The van der Waals surface area contributed by atoms with Gasteiger partial charge in [-0.15, -0.1) is 11.3 Å². The highest BCUT2D eigenvalue weighted by atomic mass is 32.1. The Labute approximate surface area is 163 Å². The summed E-state index contributed by atoms with van der Waals surface area (Å²) in [5.74, 6) is -1.14. The Balaban J connectivity index is 1.85. The number of nitrogens with zero attached hydrogens (tertiary/aromatic N) is 2. The van der Waals surface area contributed by atoms with E-state index in [9.17, 15) is 22.8 Å². The zero-order valence-corrected chi connectivity index (χ0v) is 16.3. The number of carbonyl (C=O) groups is 2. The van der Waals surface area contributed by atoms with Gasteiger partial charge in [0.1, 0.15) is 11.5 Å². The van der Waals surface area contributed by atoms with Gasteiger partial charge in [0, 0.05) is 16.1 Å². The second-order valence-corrected chi connectivity index (χ2v) is 7.89. The van der Waals surface area contributed by atoms with Crippen molar-refractivity contribution in [2.24, 2.45) is 0 Å². The zero-order valence-electron chi connectivity index (χ0n) is 15.5. The lowest BCUT2D eigenvalue weighted by Crippen LogP contribution is -2.22. The van der Waals surface area contributed by atoms with Crippen LogP contribution in [0.25, 0.3) is 0 Å². The van der Waals surface area contributed by atoms with Crippen molar-refractivity contribution in [3.63, 3.8) is 0 Å². The minimum Gasteiger partial charge on any atom is -0.465 e. The van der Waals surface area contributed by atoms with Crippen molar-refractivity contribution in [2.45, 2.75) is 51.7 Å². The second kappa shape index (κ2) is 7.94. The van der Waals surface area contributed by atoms with Crippen LogP contribution in [-0.4, -0.2) is 28.8 Å². The molecule has 28 heavy (non-hydrogen) atoms. The number of hydrogen-bond donors (Lipinski definition) is 1. The molecule has 152 valence electrons. The number of anilines is 1. The minimum absolute atomic E-state index is 0.194. The molecular weight excluding hydrogens is 395 g/mol. The fourth-order valence-electron chi connectivity index (χ4n) is 3.38. The number of thiophene rings is 1. The summed E-state index contributed by atoms with van der Waals surface area (Å²) in [4.78, 5) is 25.1. The van der Waals surface area contributed by atoms with Gasteiger partial charge < -0.3 is 10.1 Å². The number of fused-ring (bicyclic) bond motifs is 1. The molecule has 0 atom stereocenters. The highest BCUT2D eigenvalue weighted by molar-refractivity contribution is 7.16. The number of aromatic nitrogens is 2. The summed E-state index contributed by atoms with van der Waals surface area (Å²) in [6, 6.07) is 1.59. The third kappa shape index (κ3) is 4.21. The third-order valence-corrected chi connectivity index (χ3v) is 5.55. The fourth-order valence-corrected chi connectivity index (χ4v) is 4.29. The first-order chi connectivity index (χ1) is 13.2. The van der Waals surface area contributed by atoms with Crippen LogP contribution in [0.3, 0.4) is 0 Å². The van der Waals surface area contributed by atoms with E-state index in [1.54, 1.807) is 13.0 Å². The summed E-state index contributed by atoms with van der Waals surface area (Å²) >= 11 is 1.20. The van der Waals surface area contributed by atoms with Crippen LogP contribution in [0.4, 0.5) is 18.2 Å². The number of aryl methyl sites for hydroxylation is 1. The van der Waals surface area contributed by atoms with Crippen molar-refractivity contribution < 1.29 is 27.5 Å². The first-order valence-electron chi connectivity index (χ1n) is 8.85. The van der Waals surface area contributed by atoms with E-state index in [1.165, 1.54) is 18.4 Å². The molecule has 10 heteroatoms. The first kappa shape index (κ1) is 20.4. The summed E-state index contributed by atoms with van der Waals surface area (Å²) in [6.07, 6.45) is -1.52. The number of amides is 1. The lowest BCUT2D eigenvalue weighted by molar-refractivity contribution is -0.142. The van der Waals surface area contributed by atoms with Gasteiger partial charge in [-0.2, -0.15) is 18.3 Å². The highest BCUT2D eigenvalue weighted by Crippen LogP contribution is 2.35. The van der Waals surface area contributed by atoms with Gasteiger partial charge in [-0.1, -0.05) is 6.42 Å². The molecule has 0 aliphatic heterocycles. The molecule has 1 aliphatic carbocycles.